The molecule has 1 fully saturated rings. The third kappa shape index (κ3) is 4.26. The Bertz CT molecular complexity index is 685. The quantitative estimate of drug-likeness (QED) is 0.443. The SMILES string of the molecule is Cc1ccc(C(=O)/C=C(\Sc2ccccc2)N2CCCC2)cc1. The normalized spacial score (nSPS) is 15.0. The third-order valence-electron chi connectivity index (χ3n) is 3.97. The summed E-state index contributed by atoms with van der Waals surface area (Å²) >= 11 is 1.68. The standard InChI is InChI=1S/C20H21NOS/c1-16-9-11-17(12-10-16)19(22)15-20(21-13-5-6-14-21)23-18-7-3-2-4-8-18/h2-4,7-12,15H,5-6,13-14H2,1H3/b20-15-. The summed E-state index contributed by atoms with van der Waals surface area (Å²) in [6.45, 7) is 4.10. The van der Waals surface area contributed by atoms with Crippen LogP contribution in [0.15, 0.2) is 70.6 Å². The molecule has 3 heteroatoms. The number of rotatable bonds is 5. The zero-order valence-corrected chi connectivity index (χ0v) is 14.2. The largest absolute Gasteiger partial charge is 0.366 e. The Morgan fingerprint density at radius 2 is 1.65 bits per heavy atom. The number of hydrogen-bond acceptors (Lipinski definition) is 3. The zero-order chi connectivity index (χ0) is 16.1. The molecule has 1 saturated heterocycles. The molecule has 1 aliphatic rings. The molecule has 0 spiro atoms. The van der Waals surface area contributed by atoms with Crippen LogP contribution in [0.2, 0.25) is 0 Å². The van der Waals surface area contributed by atoms with Gasteiger partial charge < -0.3 is 4.90 Å². The van der Waals surface area contributed by atoms with Gasteiger partial charge >= 0.3 is 0 Å². The van der Waals surface area contributed by atoms with Gasteiger partial charge in [0.05, 0.1) is 5.03 Å². The first kappa shape index (κ1) is 15.9. The fraction of sp³-hybridized carbons (Fsp3) is 0.250. The highest BCUT2D eigenvalue weighted by Crippen LogP contribution is 2.31. The van der Waals surface area contributed by atoms with E-state index in [9.17, 15) is 4.79 Å². The number of ketones is 1. The van der Waals surface area contributed by atoms with E-state index < -0.39 is 0 Å². The van der Waals surface area contributed by atoms with Crippen LogP contribution in [-0.2, 0) is 0 Å². The molecule has 2 nitrogen and oxygen atoms in total. The first-order chi connectivity index (χ1) is 11.2. The van der Waals surface area contributed by atoms with Crippen LogP contribution < -0.4 is 0 Å². The van der Waals surface area contributed by atoms with Crippen molar-refractivity contribution in [2.45, 2.75) is 24.7 Å². The van der Waals surface area contributed by atoms with Crippen molar-refractivity contribution in [3.63, 3.8) is 0 Å². The molecule has 0 unspecified atom stereocenters. The summed E-state index contributed by atoms with van der Waals surface area (Å²) in [6, 6.07) is 18.0. The van der Waals surface area contributed by atoms with Crippen LogP contribution in [0.1, 0.15) is 28.8 Å². The molecule has 0 aliphatic carbocycles. The predicted molar refractivity (Wildman–Crippen MR) is 96.7 cm³/mol. The van der Waals surface area contributed by atoms with Gasteiger partial charge in [0.2, 0.25) is 0 Å². The Morgan fingerprint density at radius 1 is 1.00 bits per heavy atom. The van der Waals surface area contributed by atoms with Crippen LogP contribution in [0, 0.1) is 6.92 Å². The maximum Gasteiger partial charge on any atom is 0.188 e. The van der Waals surface area contributed by atoms with Crippen molar-refractivity contribution in [3.8, 4) is 0 Å². The monoisotopic (exact) mass is 323 g/mol. The number of aryl methyl sites for hydroxylation is 1. The van der Waals surface area contributed by atoms with Crippen molar-refractivity contribution < 1.29 is 4.79 Å². The number of nitrogens with zero attached hydrogens (tertiary/aromatic N) is 1. The molecule has 0 radical (unpaired) electrons. The maximum absolute atomic E-state index is 12.6. The van der Waals surface area contributed by atoms with Gasteiger partial charge in [-0.25, -0.2) is 0 Å². The molecule has 0 N–H and O–H groups in total. The highest BCUT2D eigenvalue weighted by atomic mass is 32.2. The van der Waals surface area contributed by atoms with E-state index >= 15 is 0 Å². The molecule has 0 amide bonds. The van der Waals surface area contributed by atoms with Crippen LogP contribution in [0.25, 0.3) is 0 Å². The summed E-state index contributed by atoms with van der Waals surface area (Å²) < 4.78 is 0. The van der Waals surface area contributed by atoms with E-state index in [4.69, 9.17) is 0 Å². The lowest BCUT2D eigenvalue weighted by Gasteiger charge is -2.20. The molecule has 0 aromatic heterocycles. The van der Waals surface area contributed by atoms with Crippen LogP contribution in [0.5, 0.6) is 0 Å². The van der Waals surface area contributed by atoms with Gasteiger partial charge in [0.25, 0.3) is 0 Å². The van der Waals surface area contributed by atoms with Crippen molar-refractivity contribution in [1.29, 1.82) is 0 Å². The van der Waals surface area contributed by atoms with Crippen molar-refractivity contribution in [1.82, 2.24) is 4.90 Å². The lowest BCUT2D eigenvalue weighted by Crippen LogP contribution is -2.17. The molecule has 0 bridgehead atoms. The Kier molecular flexibility index (Phi) is 5.19. The summed E-state index contributed by atoms with van der Waals surface area (Å²) in [6.07, 6.45) is 4.20. The Morgan fingerprint density at radius 3 is 2.30 bits per heavy atom. The Labute approximate surface area is 142 Å². The minimum Gasteiger partial charge on any atom is -0.366 e. The predicted octanol–water partition coefficient (Wildman–Crippen LogP) is 4.91. The molecule has 1 aliphatic heterocycles. The molecule has 23 heavy (non-hydrogen) atoms. The van der Waals surface area contributed by atoms with Gasteiger partial charge in [-0.15, -0.1) is 0 Å². The van der Waals surface area contributed by atoms with Crippen LogP contribution in [0.3, 0.4) is 0 Å². The highest BCUT2D eigenvalue weighted by molar-refractivity contribution is 8.03. The van der Waals surface area contributed by atoms with E-state index in [0.717, 1.165) is 23.7 Å². The minimum absolute atomic E-state index is 0.0790. The molecule has 2 aromatic rings. The zero-order valence-electron chi connectivity index (χ0n) is 13.4. The third-order valence-corrected chi connectivity index (χ3v) is 5.07. The van der Waals surface area contributed by atoms with Crippen molar-refractivity contribution in [3.05, 3.63) is 76.8 Å². The number of allylic oxidation sites excluding steroid dienone is 1. The van der Waals surface area contributed by atoms with Gasteiger partial charge in [0, 0.05) is 29.6 Å². The Balaban J connectivity index is 1.84. The van der Waals surface area contributed by atoms with Crippen LogP contribution in [0.4, 0.5) is 0 Å². The number of carbonyl (C=O) groups is 1. The number of thioether (sulfide) groups is 1. The second-order valence-corrected chi connectivity index (χ2v) is 6.92. The molecule has 2 aromatic carbocycles. The summed E-state index contributed by atoms with van der Waals surface area (Å²) in [4.78, 5) is 16.1. The second-order valence-electron chi connectivity index (χ2n) is 5.82. The van der Waals surface area contributed by atoms with E-state index in [2.05, 4.69) is 17.0 Å². The van der Waals surface area contributed by atoms with Gasteiger partial charge in [-0.2, -0.15) is 0 Å². The van der Waals surface area contributed by atoms with Gasteiger partial charge in [0.1, 0.15) is 0 Å². The van der Waals surface area contributed by atoms with Gasteiger partial charge in [-0.05, 0) is 31.9 Å². The number of hydrogen-bond donors (Lipinski definition) is 0. The van der Waals surface area contributed by atoms with Gasteiger partial charge in [0.15, 0.2) is 5.78 Å². The highest BCUT2D eigenvalue weighted by Gasteiger charge is 2.17. The molecule has 1 heterocycles. The van der Waals surface area contributed by atoms with Gasteiger partial charge in [-0.3, -0.25) is 4.79 Å². The first-order valence-electron chi connectivity index (χ1n) is 8.03. The lowest BCUT2D eigenvalue weighted by molar-refractivity contribution is 0.104. The topological polar surface area (TPSA) is 20.3 Å². The molecule has 0 saturated carbocycles. The summed E-state index contributed by atoms with van der Waals surface area (Å²) in [5, 5.41) is 1.05. The van der Waals surface area contributed by atoms with E-state index in [1.54, 1.807) is 17.8 Å². The van der Waals surface area contributed by atoms with Gasteiger partial charge in [-0.1, -0.05) is 59.8 Å². The van der Waals surface area contributed by atoms with E-state index in [-0.39, 0.29) is 5.78 Å². The number of carbonyl (C=O) groups excluding carboxylic acids is 1. The average Bonchev–Trinajstić information content (AvgIpc) is 3.10. The number of benzene rings is 2. The Hall–Kier alpha value is -2.00. The second kappa shape index (κ2) is 7.51. The molecule has 0 atom stereocenters. The summed E-state index contributed by atoms with van der Waals surface area (Å²) in [7, 11) is 0. The molecular weight excluding hydrogens is 302 g/mol. The molecule has 118 valence electrons. The van der Waals surface area contributed by atoms with E-state index in [1.807, 2.05) is 49.4 Å². The minimum atomic E-state index is 0.0790. The van der Waals surface area contributed by atoms with Crippen molar-refractivity contribution in [2.75, 3.05) is 13.1 Å². The van der Waals surface area contributed by atoms with Crippen molar-refractivity contribution in [2.24, 2.45) is 0 Å². The summed E-state index contributed by atoms with van der Waals surface area (Å²) in [5.74, 6) is 0.0790. The molecule has 3 rings (SSSR count). The van der Waals surface area contributed by atoms with Crippen LogP contribution in [-0.4, -0.2) is 23.8 Å². The fourth-order valence-electron chi connectivity index (χ4n) is 2.65. The average molecular weight is 323 g/mol. The first-order valence-corrected chi connectivity index (χ1v) is 8.84. The lowest BCUT2D eigenvalue weighted by atomic mass is 10.1. The van der Waals surface area contributed by atoms with E-state index in [0.29, 0.717) is 0 Å². The molecular formula is C20H21NOS. The maximum atomic E-state index is 12.6. The smallest absolute Gasteiger partial charge is 0.188 e. The van der Waals surface area contributed by atoms with Crippen LogP contribution >= 0.6 is 11.8 Å². The van der Waals surface area contributed by atoms with E-state index in [1.165, 1.54) is 23.3 Å². The number of likely N-dealkylation sites (tertiary alicyclic amines) is 1. The van der Waals surface area contributed by atoms with Crippen molar-refractivity contribution >= 4 is 17.5 Å². The summed E-state index contributed by atoms with van der Waals surface area (Å²) in [5.41, 5.74) is 1.92. The fourth-order valence-corrected chi connectivity index (χ4v) is 3.66.